The Kier molecular flexibility index (Phi) is 4.68. The summed E-state index contributed by atoms with van der Waals surface area (Å²) in [6.45, 7) is 2.56. The molecule has 0 aliphatic carbocycles. The minimum atomic E-state index is -0.294. The summed E-state index contributed by atoms with van der Waals surface area (Å²) in [5.41, 5.74) is 4.04. The molecule has 0 bridgehead atoms. The average molecular weight is 272 g/mol. The molecule has 4 nitrogen and oxygen atoms in total. The van der Waals surface area contributed by atoms with Gasteiger partial charge in [0.1, 0.15) is 5.82 Å². The summed E-state index contributed by atoms with van der Waals surface area (Å²) in [6.07, 6.45) is 0. The van der Waals surface area contributed by atoms with Crippen molar-refractivity contribution in [2.75, 3.05) is 11.4 Å². The molecule has 3 N–H and O–H groups in total. The molecule has 0 aliphatic heterocycles. The van der Waals surface area contributed by atoms with Crippen molar-refractivity contribution >= 4 is 17.3 Å². The summed E-state index contributed by atoms with van der Waals surface area (Å²) in [5, 5.41) is 0. The van der Waals surface area contributed by atoms with Crippen molar-refractivity contribution in [3.8, 4) is 0 Å². The van der Waals surface area contributed by atoms with Gasteiger partial charge in [0, 0.05) is 12.2 Å². The van der Waals surface area contributed by atoms with Crippen LogP contribution in [0.4, 0.5) is 15.8 Å². The first kappa shape index (κ1) is 14.0. The first-order valence-electron chi connectivity index (χ1n) is 6.38. The lowest BCUT2D eigenvalue weighted by Gasteiger charge is -2.24. The molecule has 0 aromatic heterocycles. The lowest BCUT2D eigenvalue weighted by atomic mass is 10.3. The minimum absolute atomic E-state index is 0.294. The van der Waals surface area contributed by atoms with Crippen molar-refractivity contribution in [3.63, 3.8) is 0 Å². The van der Waals surface area contributed by atoms with Gasteiger partial charge >= 0.3 is 0 Å². The largest absolute Gasteiger partial charge is 0.312 e. The molecule has 0 saturated heterocycles. The van der Waals surface area contributed by atoms with Gasteiger partial charge in [0.15, 0.2) is 0 Å². The Bertz CT molecular complexity index is 583. The Morgan fingerprint density at radius 1 is 1.20 bits per heavy atom. The van der Waals surface area contributed by atoms with Gasteiger partial charge in [0.05, 0.1) is 5.69 Å². The minimum Gasteiger partial charge on any atom is -0.312 e. The van der Waals surface area contributed by atoms with Crippen LogP contribution in [0, 0.1) is 5.82 Å². The smallest absolute Gasteiger partial charge is 0.218 e. The van der Waals surface area contributed by atoms with Crippen LogP contribution in [0.3, 0.4) is 0 Å². The lowest BCUT2D eigenvalue weighted by molar-refractivity contribution is 0.627. The fourth-order valence-electron chi connectivity index (χ4n) is 1.89. The number of anilines is 1. The fourth-order valence-corrected chi connectivity index (χ4v) is 1.89. The van der Waals surface area contributed by atoms with Crippen molar-refractivity contribution < 1.29 is 4.39 Å². The Balaban J connectivity index is 2.35. The molecule has 0 spiro atoms. The average Bonchev–Trinajstić information content (AvgIpc) is 2.48. The molecule has 0 aliphatic rings. The zero-order valence-electron chi connectivity index (χ0n) is 11.3. The number of aliphatic imine (C=N–C) groups is 1. The second-order valence-electron chi connectivity index (χ2n) is 4.14. The summed E-state index contributed by atoms with van der Waals surface area (Å²) in [5.74, 6) is 5.72. The molecule has 0 unspecified atom stereocenters. The second-order valence-corrected chi connectivity index (χ2v) is 4.14. The normalized spacial score (nSPS) is 11.2. The van der Waals surface area contributed by atoms with Crippen molar-refractivity contribution in [2.45, 2.75) is 6.92 Å². The van der Waals surface area contributed by atoms with E-state index in [0.717, 1.165) is 5.69 Å². The van der Waals surface area contributed by atoms with Gasteiger partial charge in [-0.2, -0.15) is 0 Å². The molecular formula is C15H17FN4. The van der Waals surface area contributed by atoms with Crippen LogP contribution in [-0.2, 0) is 0 Å². The van der Waals surface area contributed by atoms with E-state index in [0.29, 0.717) is 18.2 Å². The van der Waals surface area contributed by atoms with Crippen LogP contribution in [0.2, 0.25) is 0 Å². The predicted molar refractivity (Wildman–Crippen MR) is 80.3 cm³/mol. The Morgan fingerprint density at radius 3 is 2.55 bits per heavy atom. The number of hydrogen-bond acceptors (Lipinski definition) is 2. The Labute approximate surface area is 117 Å². The fraction of sp³-hybridized carbons (Fsp3) is 0.133. The maximum atomic E-state index is 13.3. The van der Waals surface area contributed by atoms with Gasteiger partial charge in [-0.05, 0) is 37.3 Å². The number of nitrogens with one attached hydrogen (secondary N) is 1. The van der Waals surface area contributed by atoms with E-state index in [1.807, 2.05) is 43.3 Å². The van der Waals surface area contributed by atoms with E-state index in [1.165, 1.54) is 12.1 Å². The van der Waals surface area contributed by atoms with E-state index >= 15 is 0 Å². The van der Waals surface area contributed by atoms with Gasteiger partial charge in [-0.3, -0.25) is 5.43 Å². The highest BCUT2D eigenvalue weighted by atomic mass is 19.1. The molecule has 20 heavy (non-hydrogen) atoms. The molecule has 2 rings (SSSR count). The van der Waals surface area contributed by atoms with E-state index in [-0.39, 0.29) is 5.82 Å². The lowest BCUT2D eigenvalue weighted by Crippen LogP contribution is -2.44. The van der Waals surface area contributed by atoms with Crippen molar-refractivity contribution in [1.29, 1.82) is 0 Å². The first-order chi connectivity index (χ1) is 9.74. The van der Waals surface area contributed by atoms with Crippen molar-refractivity contribution in [2.24, 2.45) is 10.8 Å². The summed E-state index contributed by atoms with van der Waals surface area (Å²) >= 11 is 0. The molecule has 0 amide bonds. The maximum absolute atomic E-state index is 13.3. The van der Waals surface area contributed by atoms with Crippen molar-refractivity contribution in [1.82, 2.24) is 5.43 Å². The van der Waals surface area contributed by atoms with Gasteiger partial charge in [0.25, 0.3) is 0 Å². The number of nitrogens with zero attached hydrogens (tertiary/aromatic N) is 2. The zero-order chi connectivity index (χ0) is 14.4. The molecule has 0 atom stereocenters. The van der Waals surface area contributed by atoms with Gasteiger partial charge in [-0.15, -0.1) is 0 Å². The second kappa shape index (κ2) is 6.68. The molecule has 0 radical (unpaired) electrons. The monoisotopic (exact) mass is 272 g/mol. The van der Waals surface area contributed by atoms with Crippen LogP contribution in [0.1, 0.15) is 6.92 Å². The van der Waals surface area contributed by atoms with Crippen molar-refractivity contribution in [3.05, 3.63) is 60.4 Å². The number of benzene rings is 2. The van der Waals surface area contributed by atoms with Gasteiger partial charge in [0.2, 0.25) is 5.96 Å². The molecule has 5 heteroatoms. The van der Waals surface area contributed by atoms with Crippen LogP contribution < -0.4 is 16.2 Å². The van der Waals surface area contributed by atoms with Gasteiger partial charge < -0.3 is 4.90 Å². The van der Waals surface area contributed by atoms with Crippen LogP contribution in [0.25, 0.3) is 0 Å². The number of halogens is 1. The number of hydrogen-bond donors (Lipinski definition) is 2. The third-order valence-corrected chi connectivity index (χ3v) is 2.81. The van der Waals surface area contributed by atoms with Crippen LogP contribution in [0.5, 0.6) is 0 Å². The Hall–Kier alpha value is -2.40. The number of rotatable bonds is 3. The summed E-state index contributed by atoms with van der Waals surface area (Å²) < 4.78 is 13.3. The number of nitrogens with two attached hydrogens (primary N) is 1. The van der Waals surface area contributed by atoms with E-state index in [1.54, 1.807) is 11.0 Å². The van der Waals surface area contributed by atoms with E-state index < -0.39 is 0 Å². The quantitative estimate of drug-likeness (QED) is 0.391. The topological polar surface area (TPSA) is 53.6 Å². The molecule has 0 saturated carbocycles. The molecule has 104 valence electrons. The third kappa shape index (κ3) is 3.33. The SMILES string of the molecule is CCN(C(=Nc1ccccc1)NN)c1cccc(F)c1. The molecular weight excluding hydrogens is 255 g/mol. The van der Waals surface area contributed by atoms with Crippen LogP contribution in [-0.4, -0.2) is 12.5 Å². The summed E-state index contributed by atoms with van der Waals surface area (Å²) in [4.78, 5) is 6.24. The maximum Gasteiger partial charge on any atom is 0.218 e. The van der Waals surface area contributed by atoms with E-state index in [2.05, 4.69) is 10.4 Å². The highest BCUT2D eigenvalue weighted by Gasteiger charge is 2.11. The summed E-state index contributed by atoms with van der Waals surface area (Å²) in [6, 6.07) is 15.8. The highest BCUT2D eigenvalue weighted by molar-refractivity contribution is 5.97. The third-order valence-electron chi connectivity index (χ3n) is 2.81. The van der Waals surface area contributed by atoms with E-state index in [4.69, 9.17) is 5.84 Å². The molecule has 2 aromatic rings. The van der Waals surface area contributed by atoms with Crippen LogP contribution >= 0.6 is 0 Å². The zero-order valence-corrected chi connectivity index (χ0v) is 11.3. The Morgan fingerprint density at radius 2 is 1.95 bits per heavy atom. The summed E-state index contributed by atoms with van der Waals surface area (Å²) in [7, 11) is 0. The number of guanidine groups is 1. The predicted octanol–water partition coefficient (Wildman–Crippen LogP) is 2.80. The van der Waals surface area contributed by atoms with Gasteiger partial charge in [-0.25, -0.2) is 15.2 Å². The van der Waals surface area contributed by atoms with E-state index in [9.17, 15) is 4.39 Å². The molecule has 0 fully saturated rings. The standard InChI is InChI=1S/C15H17FN4/c1-2-20(14-10-6-7-12(16)11-14)15(19-17)18-13-8-4-3-5-9-13/h3-11H,2,17H2,1H3,(H,18,19). The van der Waals surface area contributed by atoms with Gasteiger partial charge in [-0.1, -0.05) is 24.3 Å². The number of para-hydroxylation sites is 1. The van der Waals surface area contributed by atoms with Crippen LogP contribution in [0.15, 0.2) is 59.6 Å². The molecule has 2 aromatic carbocycles. The molecule has 0 heterocycles. The number of hydrazine groups is 1. The first-order valence-corrected chi connectivity index (χ1v) is 6.38. The highest BCUT2D eigenvalue weighted by Crippen LogP contribution is 2.17.